The standard InChI is InChI=1S/C29H59NO2P/c1-6-8-9-10-11-12-13-14-15-16-17-18-19-20-21-22-23-24-25-26-28-29(27-7-2,33(31)32)30(3,4)5/h15-16H,6-14,17-28H2,1-5H3/q+1. The summed E-state index contributed by atoms with van der Waals surface area (Å²) >= 11 is 0. The van der Waals surface area contributed by atoms with E-state index in [1.54, 1.807) is 0 Å². The minimum absolute atomic E-state index is 0.522. The van der Waals surface area contributed by atoms with Crippen LogP contribution in [0, 0.1) is 0 Å². The first kappa shape index (κ1) is 32.8. The second-order valence-corrected chi connectivity index (χ2v) is 12.5. The van der Waals surface area contributed by atoms with Gasteiger partial charge < -0.3 is 4.89 Å². The van der Waals surface area contributed by atoms with E-state index in [2.05, 4.69) is 26.0 Å². The average Bonchev–Trinajstić information content (AvgIpc) is 2.76. The molecule has 0 radical (unpaired) electrons. The first-order valence-electron chi connectivity index (χ1n) is 14.4. The Kier molecular flexibility index (Phi) is 20.9. The summed E-state index contributed by atoms with van der Waals surface area (Å²) < 4.78 is 12.6. The van der Waals surface area contributed by atoms with Crippen molar-refractivity contribution in [3.63, 3.8) is 0 Å². The largest absolute Gasteiger partial charge is 0.590 e. The van der Waals surface area contributed by atoms with Crippen molar-refractivity contribution in [2.75, 3.05) is 21.1 Å². The Bertz CT molecular complexity index is 487. The minimum atomic E-state index is -2.42. The van der Waals surface area contributed by atoms with Gasteiger partial charge in [-0.1, -0.05) is 114 Å². The lowest BCUT2D eigenvalue weighted by Gasteiger charge is -2.39. The zero-order valence-corrected chi connectivity index (χ0v) is 24.1. The van der Waals surface area contributed by atoms with Gasteiger partial charge >= 0.3 is 8.03 Å². The molecule has 0 fully saturated rings. The number of nitrogens with zero attached hydrogens (tertiary/aromatic N) is 1. The van der Waals surface area contributed by atoms with Gasteiger partial charge in [-0.05, 0) is 38.5 Å². The zero-order chi connectivity index (χ0) is 24.8. The van der Waals surface area contributed by atoms with Crippen LogP contribution in [0.3, 0.4) is 0 Å². The molecule has 0 rings (SSSR count). The Morgan fingerprint density at radius 3 is 1.36 bits per heavy atom. The highest BCUT2D eigenvalue weighted by Crippen LogP contribution is 2.45. The molecule has 0 heterocycles. The summed E-state index contributed by atoms with van der Waals surface area (Å²) in [6.45, 7) is 4.37. The van der Waals surface area contributed by atoms with Gasteiger partial charge in [-0.2, -0.15) is 0 Å². The van der Waals surface area contributed by atoms with Crippen LogP contribution in [0.5, 0.6) is 0 Å². The van der Waals surface area contributed by atoms with E-state index in [0.717, 1.165) is 32.1 Å². The van der Waals surface area contributed by atoms with Gasteiger partial charge in [-0.3, -0.25) is 4.48 Å². The monoisotopic (exact) mass is 484 g/mol. The van der Waals surface area contributed by atoms with E-state index in [1.165, 1.54) is 103 Å². The van der Waals surface area contributed by atoms with E-state index in [9.17, 15) is 9.46 Å². The Labute approximate surface area is 209 Å². The Balaban J connectivity index is 3.60. The highest BCUT2D eigenvalue weighted by molar-refractivity contribution is 7.38. The molecule has 0 saturated carbocycles. The summed E-state index contributed by atoms with van der Waals surface area (Å²) in [5.74, 6) is 0. The molecule has 0 aromatic rings. The lowest BCUT2D eigenvalue weighted by atomic mass is 9.99. The molecule has 0 bridgehead atoms. The average molecular weight is 485 g/mol. The molecule has 0 aromatic carbocycles. The lowest BCUT2D eigenvalue weighted by Crippen LogP contribution is -2.55. The van der Waals surface area contributed by atoms with Crippen molar-refractivity contribution in [3.05, 3.63) is 12.2 Å². The molecule has 33 heavy (non-hydrogen) atoms. The molecule has 0 aliphatic rings. The van der Waals surface area contributed by atoms with Crippen LogP contribution in [0.15, 0.2) is 12.2 Å². The maximum absolute atomic E-state index is 12.1. The van der Waals surface area contributed by atoms with Crippen LogP contribution in [0.25, 0.3) is 0 Å². The van der Waals surface area contributed by atoms with Gasteiger partial charge in [-0.15, -0.1) is 0 Å². The highest BCUT2D eigenvalue weighted by Gasteiger charge is 2.53. The molecule has 2 unspecified atom stereocenters. The van der Waals surface area contributed by atoms with Crippen molar-refractivity contribution < 1.29 is 13.9 Å². The van der Waals surface area contributed by atoms with Crippen molar-refractivity contribution in [2.24, 2.45) is 0 Å². The summed E-state index contributed by atoms with van der Waals surface area (Å²) in [7, 11) is 3.68. The molecule has 0 aliphatic carbocycles. The van der Waals surface area contributed by atoms with Gasteiger partial charge in [-0.25, -0.2) is 0 Å². The van der Waals surface area contributed by atoms with Crippen LogP contribution >= 0.6 is 8.03 Å². The third kappa shape index (κ3) is 16.1. The lowest BCUT2D eigenvalue weighted by molar-refractivity contribution is -0.910. The normalized spacial score (nSPS) is 14.7. The van der Waals surface area contributed by atoms with Gasteiger partial charge in [0.2, 0.25) is 0 Å². The summed E-state index contributed by atoms with van der Waals surface area (Å²) in [5, 5.41) is -0.591. The smallest absolute Gasteiger partial charge is 0.376 e. The zero-order valence-electron chi connectivity index (χ0n) is 23.2. The molecule has 0 aromatic heterocycles. The fourth-order valence-corrected chi connectivity index (χ4v) is 6.22. The summed E-state index contributed by atoms with van der Waals surface area (Å²) in [4.78, 5) is 12.1. The number of allylic oxidation sites excluding steroid dienone is 2. The predicted octanol–water partition coefficient (Wildman–Crippen LogP) is 9.28. The van der Waals surface area contributed by atoms with E-state index in [0.29, 0.717) is 4.48 Å². The molecule has 3 nitrogen and oxygen atoms in total. The van der Waals surface area contributed by atoms with E-state index in [4.69, 9.17) is 0 Å². The van der Waals surface area contributed by atoms with Crippen LogP contribution in [-0.4, -0.2) is 30.9 Å². The molecule has 0 spiro atoms. The van der Waals surface area contributed by atoms with Gasteiger partial charge in [0.25, 0.3) is 5.28 Å². The maximum Gasteiger partial charge on any atom is 0.376 e. The van der Waals surface area contributed by atoms with Crippen molar-refractivity contribution >= 4 is 8.03 Å². The molecule has 0 saturated heterocycles. The first-order chi connectivity index (χ1) is 15.8. The van der Waals surface area contributed by atoms with E-state index < -0.39 is 13.3 Å². The van der Waals surface area contributed by atoms with Crippen molar-refractivity contribution in [1.29, 1.82) is 0 Å². The molecular weight excluding hydrogens is 425 g/mol. The number of hydrogen-bond donors (Lipinski definition) is 0. The quantitative estimate of drug-likeness (QED) is 0.0592. The van der Waals surface area contributed by atoms with Crippen molar-refractivity contribution in [2.45, 2.75) is 154 Å². The van der Waals surface area contributed by atoms with Crippen LogP contribution in [0.2, 0.25) is 0 Å². The molecule has 0 amide bonds. The van der Waals surface area contributed by atoms with E-state index in [1.807, 2.05) is 21.1 Å². The van der Waals surface area contributed by atoms with Crippen LogP contribution < -0.4 is 4.89 Å². The van der Waals surface area contributed by atoms with Gasteiger partial charge in [0.05, 0.1) is 21.1 Å². The molecule has 0 aliphatic heterocycles. The number of rotatable bonds is 24. The van der Waals surface area contributed by atoms with Crippen LogP contribution in [-0.2, 0) is 4.57 Å². The van der Waals surface area contributed by atoms with Crippen molar-refractivity contribution in [1.82, 2.24) is 0 Å². The molecule has 4 heteroatoms. The fraction of sp³-hybridized carbons (Fsp3) is 0.931. The predicted molar refractivity (Wildman–Crippen MR) is 146 cm³/mol. The Hall–Kier alpha value is -0.240. The molecule has 0 N–H and O–H groups in total. The summed E-state index contributed by atoms with van der Waals surface area (Å²) in [5.41, 5.74) is 0. The van der Waals surface area contributed by atoms with E-state index >= 15 is 0 Å². The van der Waals surface area contributed by atoms with E-state index in [-0.39, 0.29) is 0 Å². The summed E-state index contributed by atoms with van der Waals surface area (Å²) in [6.07, 6.45) is 31.1. The van der Waals surface area contributed by atoms with Crippen LogP contribution in [0.4, 0.5) is 0 Å². The van der Waals surface area contributed by atoms with Gasteiger partial charge in [0, 0.05) is 12.8 Å². The second-order valence-electron chi connectivity index (χ2n) is 11.1. The van der Waals surface area contributed by atoms with Gasteiger partial charge in [0.1, 0.15) is 0 Å². The number of hydrogen-bond acceptors (Lipinski definition) is 2. The SMILES string of the molecule is CCCCCCCCCC=CCCCCCCCCCCCC(CCC)([P+](=O)[O-])[N+](C)(C)C. The molecule has 2 atom stereocenters. The third-order valence-electron chi connectivity index (χ3n) is 7.33. The number of quaternary nitrogens is 1. The topological polar surface area (TPSA) is 40.1 Å². The Morgan fingerprint density at radius 1 is 0.606 bits per heavy atom. The fourth-order valence-electron chi connectivity index (χ4n) is 4.99. The minimum Gasteiger partial charge on any atom is -0.590 e. The second kappa shape index (κ2) is 21.1. The maximum atomic E-state index is 12.1. The summed E-state index contributed by atoms with van der Waals surface area (Å²) in [6, 6.07) is 0. The molecular formula is C29H59NO2P+. The Morgan fingerprint density at radius 2 is 1.00 bits per heavy atom. The highest BCUT2D eigenvalue weighted by atomic mass is 31.1. The van der Waals surface area contributed by atoms with Crippen molar-refractivity contribution in [3.8, 4) is 0 Å². The first-order valence-corrected chi connectivity index (χ1v) is 15.6. The number of unbranched alkanes of at least 4 members (excludes halogenated alkanes) is 16. The third-order valence-corrected chi connectivity index (χ3v) is 9.05. The molecule has 196 valence electrons. The van der Waals surface area contributed by atoms with Gasteiger partial charge in [0.15, 0.2) is 0 Å². The van der Waals surface area contributed by atoms with Crippen LogP contribution in [0.1, 0.15) is 149 Å².